The Labute approximate surface area is 188 Å². The summed E-state index contributed by atoms with van der Waals surface area (Å²) in [4.78, 5) is 19.8. The van der Waals surface area contributed by atoms with E-state index >= 15 is 0 Å². The molecule has 1 unspecified atom stereocenters. The summed E-state index contributed by atoms with van der Waals surface area (Å²) < 4.78 is 11.9. The molecule has 0 aliphatic carbocycles. The lowest BCUT2D eigenvalue weighted by Crippen LogP contribution is -2.44. The van der Waals surface area contributed by atoms with Crippen molar-refractivity contribution in [2.45, 2.75) is 39.8 Å². The summed E-state index contributed by atoms with van der Waals surface area (Å²) in [6.07, 6.45) is -0.424. The first-order valence-corrected chi connectivity index (χ1v) is 10.8. The van der Waals surface area contributed by atoms with Crippen molar-refractivity contribution in [2.75, 3.05) is 12.8 Å². The second kappa shape index (κ2) is 8.86. The minimum absolute atomic E-state index is 0.0805. The van der Waals surface area contributed by atoms with Gasteiger partial charge in [0.25, 0.3) is 5.91 Å². The Morgan fingerprint density at radius 3 is 2.68 bits per heavy atom. The van der Waals surface area contributed by atoms with E-state index in [2.05, 4.69) is 31.1 Å². The van der Waals surface area contributed by atoms with Crippen LogP contribution in [0.2, 0.25) is 0 Å². The topological polar surface area (TPSA) is 103 Å². The van der Waals surface area contributed by atoms with Crippen LogP contribution in [0.15, 0.2) is 34.9 Å². The summed E-state index contributed by atoms with van der Waals surface area (Å²) in [5.74, 6) is 0.405. The summed E-state index contributed by atoms with van der Waals surface area (Å²) in [6, 6.07) is 9.10. The highest BCUT2D eigenvalue weighted by atomic mass is 79.9. The highest BCUT2D eigenvalue weighted by molar-refractivity contribution is 9.10. The molecule has 1 aromatic carbocycles. The molecule has 2 aromatic heterocycles. The van der Waals surface area contributed by atoms with Gasteiger partial charge >= 0.3 is 0 Å². The van der Waals surface area contributed by atoms with Crippen LogP contribution < -0.4 is 5.73 Å². The zero-order valence-electron chi connectivity index (χ0n) is 17.6. The number of ether oxygens (including phenoxy) is 2. The summed E-state index contributed by atoms with van der Waals surface area (Å²) in [7, 11) is 1.61. The van der Waals surface area contributed by atoms with Crippen molar-refractivity contribution in [1.29, 1.82) is 0 Å². The third kappa shape index (κ3) is 4.26. The van der Waals surface area contributed by atoms with Gasteiger partial charge in [0, 0.05) is 23.6 Å². The van der Waals surface area contributed by atoms with Crippen LogP contribution in [-0.2, 0) is 29.2 Å². The number of nitrogens with two attached hydrogens (primary N) is 1. The summed E-state index contributed by atoms with van der Waals surface area (Å²) in [5, 5.41) is 9.11. The first-order valence-electron chi connectivity index (χ1n) is 9.99. The molecular weight excluding hydrogens is 462 g/mol. The molecule has 1 amide bonds. The number of nitrogen functional groups attached to an aromatic ring is 1. The van der Waals surface area contributed by atoms with Crippen molar-refractivity contribution in [1.82, 2.24) is 20.1 Å². The third-order valence-corrected chi connectivity index (χ3v) is 5.80. The number of methoxy groups -OCH3 is 1. The van der Waals surface area contributed by atoms with Crippen molar-refractivity contribution >= 4 is 38.6 Å². The maximum absolute atomic E-state index is 13.6. The van der Waals surface area contributed by atoms with E-state index in [0.29, 0.717) is 34.9 Å². The van der Waals surface area contributed by atoms with E-state index in [-0.39, 0.29) is 18.4 Å². The molecule has 0 fully saturated rings. The van der Waals surface area contributed by atoms with Crippen molar-refractivity contribution in [2.24, 2.45) is 5.92 Å². The number of carbonyl (C=O) groups excluding carboxylic acids is 1. The van der Waals surface area contributed by atoms with Gasteiger partial charge in [-0.2, -0.15) is 5.10 Å². The number of benzene rings is 1. The van der Waals surface area contributed by atoms with Crippen LogP contribution in [0.3, 0.4) is 0 Å². The van der Waals surface area contributed by atoms with Crippen LogP contribution in [0.5, 0.6) is 0 Å². The molecule has 0 bridgehead atoms. The maximum Gasteiger partial charge on any atom is 0.256 e. The van der Waals surface area contributed by atoms with Gasteiger partial charge in [0.05, 0.1) is 31.0 Å². The Morgan fingerprint density at radius 1 is 1.23 bits per heavy atom. The number of rotatable bonds is 6. The lowest BCUT2D eigenvalue weighted by atomic mass is 10.0. The van der Waals surface area contributed by atoms with E-state index in [4.69, 9.17) is 15.2 Å². The van der Waals surface area contributed by atoms with E-state index in [1.807, 2.05) is 32.0 Å². The molecule has 0 saturated heterocycles. The minimum Gasteiger partial charge on any atom is -0.383 e. The van der Waals surface area contributed by atoms with Gasteiger partial charge in [-0.1, -0.05) is 13.8 Å². The molecule has 8 nitrogen and oxygen atoms in total. The van der Waals surface area contributed by atoms with Gasteiger partial charge in [0.15, 0.2) is 0 Å². The highest BCUT2D eigenvalue weighted by Crippen LogP contribution is 2.32. The Hall–Kier alpha value is -2.62. The molecule has 1 aliphatic rings. The fraction of sp³-hybridized carbons (Fsp3) is 0.364. The third-order valence-electron chi connectivity index (χ3n) is 5.38. The first kappa shape index (κ1) is 21.6. The fourth-order valence-electron chi connectivity index (χ4n) is 3.91. The molecule has 2 N–H and O–H groups in total. The van der Waals surface area contributed by atoms with Crippen molar-refractivity contribution in [3.05, 3.63) is 57.3 Å². The van der Waals surface area contributed by atoms with Crippen LogP contribution in [0.1, 0.15) is 41.0 Å². The Bertz CT molecular complexity index is 1120. The van der Waals surface area contributed by atoms with Gasteiger partial charge in [-0.25, -0.2) is 4.98 Å². The molecule has 31 heavy (non-hydrogen) atoms. The number of hydrogen-bond acceptors (Lipinski definition) is 7. The summed E-state index contributed by atoms with van der Waals surface area (Å²) in [6.45, 7) is 5.20. The van der Waals surface area contributed by atoms with Gasteiger partial charge in [-0.3, -0.25) is 4.79 Å². The fourth-order valence-corrected chi connectivity index (χ4v) is 4.12. The average Bonchev–Trinajstić information content (AvgIpc) is 3.25. The van der Waals surface area contributed by atoms with E-state index in [1.54, 1.807) is 24.1 Å². The standard InChI is InChI=1S/C22H24BrN5O3/c1-12(2)22(30-3)28(9-14-5-7-19(23)27-26-14)21(29)13-4-6-18-15(8-13)16-10-31-11-17(16)20(24)25-18/h4-8,12,22H,9-11H2,1-3H3,(H2,24,25). The normalized spacial score (nSPS) is 14.1. The molecule has 9 heteroatoms. The van der Waals surface area contributed by atoms with Crippen LogP contribution in [0.25, 0.3) is 10.9 Å². The van der Waals surface area contributed by atoms with Gasteiger partial charge in [0.1, 0.15) is 16.6 Å². The van der Waals surface area contributed by atoms with Gasteiger partial charge in [-0.05, 0) is 57.7 Å². The van der Waals surface area contributed by atoms with Crippen molar-refractivity contribution in [3.8, 4) is 0 Å². The van der Waals surface area contributed by atoms with Crippen LogP contribution >= 0.6 is 15.9 Å². The van der Waals surface area contributed by atoms with Gasteiger partial charge < -0.3 is 20.1 Å². The molecular formula is C22H24BrN5O3. The van der Waals surface area contributed by atoms with E-state index in [9.17, 15) is 4.79 Å². The molecule has 4 rings (SSSR count). The number of aromatic nitrogens is 3. The van der Waals surface area contributed by atoms with Crippen LogP contribution in [-0.4, -0.2) is 39.3 Å². The van der Waals surface area contributed by atoms with Gasteiger partial charge in [-0.15, -0.1) is 5.10 Å². The number of anilines is 1. The predicted molar refractivity (Wildman–Crippen MR) is 120 cm³/mol. The largest absolute Gasteiger partial charge is 0.383 e. The molecule has 162 valence electrons. The van der Waals surface area contributed by atoms with E-state index in [1.165, 1.54) is 0 Å². The van der Waals surface area contributed by atoms with E-state index in [0.717, 1.165) is 22.0 Å². The zero-order valence-corrected chi connectivity index (χ0v) is 19.2. The molecule has 3 heterocycles. The molecule has 0 saturated carbocycles. The van der Waals surface area contributed by atoms with Crippen LogP contribution in [0, 0.1) is 5.92 Å². The lowest BCUT2D eigenvalue weighted by molar-refractivity contribution is -0.0508. The number of fused-ring (bicyclic) bond motifs is 3. The summed E-state index contributed by atoms with van der Waals surface area (Å²) in [5.41, 5.74) is 9.93. The van der Waals surface area contributed by atoms with Gasteiger partial charge in [0.2, 0.25) is 0 Å². The first-order chi connectivity index (χ1) is 14.9. The number of pyridine rings is 1. The Balaban J connectivity index is 1.74. The second-order valence-electron chi connectivity index (χ2n) is 7.83. The highest BCUT2D eigenvalue weighted by Gasteiger charge is 2.29. The molecule has 1 atom stereocenters. The SMILES string of the molecule is COC(C(C)C)N(Cc1ccc(Br)nn1)C(=O)c1ccc2nc(N)c3c(c2c1)COC3. The molecule has 1 aliphatic heterocycles. The number of halogens is 1. The number of amides is 1. The number of carbonyl (C=O) groups is 1. The number of hydrogen-bond donors (Lipinski definition) is 1. The summed E-state index contributed by atoms with van der Waals surface area (Å²) >= 11 is 3.29. The van der Waals surface area contributed by atoms with Crippen molar-refractivity contribution < 1.29 is 14.3 Å². The molecule has 0 radical (unpaired) electrons. The van der Waals surface area contributed by atoms with E-state index < -0.39 is 6.23 Å². The quantitative estimate of drug-likeness (QED) is 0.531. The Kier molecular flexibility index (Phi) is 6.17. The predicted octanol–water partition coefficient (Wildman–Crippen LogP) is 3.67. The van der Waals surface area contributed by atoms with Crippen LogP contribution in [0.4, 0.5) is 5.82 Å². The Morgan fingerprint density at radius 2 is 2.00 bits per heavy atom. The minimum atomic E-state index is -0.424. The molecule has 0 spiro atoms. The lowest BCUT2D eigenvalue weighted by Gasteiger charge is -2.33. The smallest absolute Gasteiger partial charge is 0.256 e. The number of nitrogens with zero attached hydrogens (tertiary/aromatic N) is 4. The zero-order chi connectivity index (χ0) is 22.1. The maximum atomic E-state index is 13.6. The monoisotopic (exact) mass is 485 g/mol. The van der Waals surface area contributed by atoms with Crippen molar-refractivity contribution in [3.63, 3.8) is 0 Å². The average molecular weight is 486 g/mol. The second-order valence-corrected chi connectivity index (χ2v) is 8.64. The molecule has 3 aromatic rings.